The van der Waals surface area contributed by atoms with E-state index < -0.39 is 11.8 Å². The molecule has 0 aliphatic rings. The van der Waals surface area contributed by atoms with E-state index in [1.807, 2.05) is 0 Å². The van der Waals surface area contributed by atoms with Crippen molar-refractivity contribution in [2.45, 2.75) is 0 Å². The fourth-order valence-corrected chi connectivity index (χ4v) is 2.16. The quantitative estimate of drug-likeness (QED) is 0.789. The first kappa shape index (κ1) is 14.6. The molecular weight excluding hydrogens is 297 g/mol. The summed E-state index contributed by atoms with van der Waals surface area (Å²) in [6.07, 6.45) is 0. The SMILES string of the molecule is CN(C(=O)c1ccccc1Cl)C(=O)c1ccccc1Cl. The molecule has 0 atom stereocenters. The highest BCUT2D eigenvalue weighted by atomic mass is 35.5. The number of nitrogens with zero attached hydrogens (tertiary/aromatic N) is 1. The number of imide groups is 1. The Bertz CT molecular complexity index is 613. The average molecular weight is 308 g/mol. The zero-order chi connectivity index (χ0) is 14.7. The Morgan fingerprint density at radius 2 is 1.15 bits per heavy atom. The van der Waals surface area contributed by atoms with Crippen molar-refractivity contribution >= 4 is 35.0 Å². The molecule has 3 nitrogen and oxygen atoms in total. The van der Waals surface area contributed by atoms with Crippen molar-refractivity contribution in [2.75, 3.05) is 7.05 Å². The van der Waals surface area contributed by atoms with E-state index >= 15 is 0 Å². The second-order valence-corrected chi connectivity index (χ2v) is 4.94. The number of hydrogen-bond acceptors (Lipinski definition) is 2. The number of carbonyl (C=O) groups excluding carboxylic acids is 2. The third-order valence-electron chi connectivity index (χ3n) is 2.82. The highest BCUT2D eigenvalue weighted by Crippen LogP contribution is 2.20. The van der Waals surface area contributed by atoms with Gasteiger partial charge >= 0.3 is 0 Å². The molecule has 2 aromatic rings. The number of hydrogen-bond donors (Lipinski definition) is 0. The lowest BCUT2D eigenvalue weighted by Crippen LogP contribution is -2.33. The monoisotopic (exact) mass is 307 g/mol. The number of benzene rings is 2. The molecule has 2 rings (SSSR count). The summed E-state index contributed by atoms with van der Waals surface area (Å²) in [5.74, 6) is -0.943. The molecule has 0 saturated carbocycles. The van der Waals surface area contributed by atoms with Crippen LogP contribution in [0.4, 0.5) is 0 Å². The first-order valence-electron chi connectivity index (χ1n) is 5.84. The number of rotatable bonds is 2. The molecule has 0 heterocycles. The molecule has 0 fully saturated rings. The Balaban J connectivity index is 2.30. The zero-order valence-corrected chi connectivity index (χ0v) is 12.2. The van der Waals surface area contributed by atoms with Gasteiger partial charge in [0.2, 0.25) is 0 Å². The molecule has 0 aromatic heterocycles. The summed E-state index contributed by atoms with van der Waals surface area (Å²) in [6, 6.07) is 13.1. The van der Waals surface area contributed by atoms with Gasteiger partial charge in [-0.1, -0.05) is 47.5 Å². The molecule has 0 N–H and O–H groups in total. The van der Waals surface area contributed by atoms with Crippen molar-refractivity contribution in [3.63, 3.8) is 0 Å². The van der Waals surface area contributed by atoms with Crippen molar-refractivity contribution in [1.82, 2.24) is 4.90 Å². The fourth-order valence-electron chi connectivity index (χ4n) is 1.72. The van der Waals surface area contributed by atoms with Crippen LogP contribution in [0.15, 0.2) is 48.5 Å². The van der Waals surface area contributed by atoms with Gasteiger partial charge in [0.05, 0.1) is 21.2 Å². The topological polar surface area (TPSA) is 37.4 Å². The number of carbonyl (C=O) groups is 2. The van der Waals surface area contributed by atoms with Gasteiger partial charge in [0, 0.05) is 7.05 Å². The average Bonchev–Trinajstić information content (AvgIpc) is 2.46. The third kappa shape index (κ3) is 2.84. The summed E-state index contributed by atoms with van der Waals surface area (Å²) in [6.45, 7) is 0. The highest BCUT2D eigenvalue weighted by Gasteiger charge is 2.23. The van der Waals surface area contributed by atoms with Gasteiger partial charge < -0.3 is 0 Å². The summed E-state index contributed by atoms with van der Waals surface area (Å²) < 4.78 is 0. The van der Waals surface area contributed by atoms with Gasteiger partial charge in [-0.05, 0) is 24.3 Å². The van der Waals surface area contributed by atoms with Gasteiger partial charge in [0.15, 0.2) is 0 Å². The van der Waals surface area contributed by atoms with Gasteiger partial charge in [-0.3, -0.25) is 14.5 Å². The molecule has 0 unspecified atom stereocenters. The van der Waals surface area contributed by atoms with Crippen LogP contribution in [0.25, 0.3) is 0 Å². The summed E-state index contributed by atoms with van der Waals surface area (Å²) in [5.41, 5.74) is 0.550. The maximum absolute atomic E-state index is 12.3. The number of amides is 2. The first-order chi connectivity index (χ1) is 9.52. The Hall–Kier alpha value is -1.84. The Labute approximate surface area is 126 Å². The molecule has 0 radical (unpaired) electrons. The molecule has 0 spiro atoms. The van der Waals surface area contributed by atoms with Gasteiger partial charge in [-0.15, -0.1) is 0 Å². The third-order valence-corrected chi connectivity index (χ3v) is 3.48. The predicted molar refractivity (Wildman–Crippen MR) is 79.3 cm³/mol. The predicted octanol–water partition coefficient (Wildman–Crippen LogP) is 3.91. The van der Waals surface area contributed by atoms with Crippen molar-refractivity contribution in [3.05, 3.63) is 69.7 Å². The van der Waals surface area contributed by atoms with Crippen LogP contribution in [0.3, 0.4) is 0 Å². The summed E-state index contributed by atoms with van der Waals surface area (Å²) in [7, 11) is 1.40. The van der Waals surface area contributed by atoms with Crippen LogP contribution >= 0.6 is 23.2 Å². The molecule has 0 saturated heterocycles. The molecule has 0 aliphatic heterocycles. The zero-order valence-electron chi connectivity index (χ0n) is 10.6. The maximum Gasteiger partial charge on any atom is 0.261 e. The van der Waals surface area contributed by atoms with Crippen LogP contribution < -0.4 is 0 Å². The van der Waals surface area contributed by atoms with E-state index in [-0.39, 0.29) is 11.1 Å². The van der Waals surface area contributed by atoms with Crippen LogP contribution in [0.5, 0.6) is 0 Å². The van der Waals surface area contributed by atoms with Crippen LogP contribution in [0.1, 0.15) is 20.7 Å². The smallest absolute Gasteiger partial charge is 0.261 e. The second kappa shape index (κ2) is 6.07. The minimum Gasteiger partial charge on any atom is -0.277 e. The molecule has 0 aliphatic carbocycles. The lowest BCUT2D eigenvalue weighted by molar-refractivity contribution is 0.0656. The molecule has 102 valence electrons. The second-order valence-electron chi connectivity index (χ2n) is 4.13. The van der Waals surface area contributed by atoms with Crippen LogP contribution in [-0.2, 0) is 0 Å². The van der Waals surface area contributed by atoms with Crippen molar-refractivity contribution in [2.24, 2.45) is 0 Å². The number of halogens is 2. The summed E-state index contributed by atoms with van der Waals surface area (Å²) in [5, 5.41) is 0.604. The van der Waals surface area contributed by atoms with E-state index in [1.54, 1.807) is 48.5 Å². The van der Waals surface area contributed by atoms with Crippen LogP contribution in [0.2, 0.25) is 10.0 Å². The van der Waals surface area contributed by atoms with E-state index in [0.29, 0.717) is 10.0 Å². The minimum atomic E-state index is -0.472. The minimum absolute atomic E-state index is 0.275. The fraction of sp³-hybridized carbons (Fsp3) is 0.0667. The van der Waals surface area contributed by atoms with Crippen LogP contribution in [0, 0.1) is 0 Å². The standard InChI is InChI=1S/C15H11Cl2NO2/c1-18(14(19)10-6-2-4-8-12(10)16)15(20)11-7-3-5-9-13(11)17/h2-9H,1H3. The van der Waals surface area contributed by atoms with Gasteiger partial charge in [0.1, 0.15) is 0 Å². The summed E-state index contributed by atoms with van der Waals surface area (Å²) in [4.78, 5) is 25.5. The van der Waals surface area contributed by atoms with Gasteiger partial charge in [-0.25, -0.2) is 0 Å². The Morgan fingerprint density at radius 1 is 0.800 bits per heavy atom. The molecular formula is C15H11Cl2NO2. The van der Waals surface area contributed by atoms with E-state index in [1.165, 1.54) is 7.05 Å². The molecule has 0 bridgehead atoms. The highest BCUT2D eigenvalue weighted by molar-refractivity contribution is 6.35. The van der Waals surface area contributed by atoms with Gasteiger partial charge in [0.25, 0.3) is 11.8 Å². The Morgan fingerprint density at radius 3 is 1.50 bits per heavy atom. The van der Waals surface area contributed by atoms with Crippen molar-refractivity contribution < 1.29 is 9.59 Å². The molecule has 5 heteroatoms. The Kier molecular flexibility index (Phi) is 4.42. The van der Waals surface area contributed by atoms with E-state index in [0.717, 1.165) is 4.90 Å². The normalized spacial score (nSPS) is 10.2. The van der Waals surface area contributed by atoms with Crippen molar-refractivity contribution in [1.29, 1.82) is 0 Å². The van der Waals surface area contributed by atoms with Crippen molar-refractivity contribution in [3.8, 4) is 0 Å². The molecule has 20 heavy (non-hydrogen) atoms. The van der Waals surface area contributed by atoms with Gasteiger partial charge in [-0.2, -0.15) is 0 Å². The van der Waals surface area contributed by atoms with E-state index in [9.17, 15) is 9.59 Å². The maximum atomic E-state index is 12.3. The first-order valence-corrected chi connectivity index (χ1v) is 6.59. The van der Waals surface area contributed by atoms with E-state index in [2.05, 4.69) is 0 Å². The van der Waals surface area contributed by atoms with Crippen LogP contribution in [-0.4, -0.2) is 23.8 Å². The largest absolute Gasteiger partial charge is 0.277 e. The molecule has 2 amide bonds. The molecule has 2 aromatic carbocycles. The van der Waals surface area contributed by atoms with E-state index in [4.69, 9.17) is 23.2 Å². The lowest BCUT2D eigenvalue weighted by Gasteiger charge is -2.16. The lowest BCUT2D eigenvalue weighted by atomic mass is 10.1. The summed E-state index contributed by atoms with van der Waals surface area (Å²) >= 11 is 11.9.